The fraction of sp³-hybridized carbons (Fsp3) is 0.333. The quantitative estimate of drug-likeness (QED) is 0.440. The topological polar surface area (TPSA) is 44.1 Å². The van der Waals surface area contributed by atoms with E-state index in [9.17, 15) is 31.1 Å². The summed E-state index contributed by atoms with van der Waals surface area (Å²) in [7, 11) is 1.18. The number of benzene rings is 1. The average molecular weight is 404 g/mol. The van der Waals surface area contributed by atoms with E-state index in [0.29, 0.717) is 24.4 Å². The van der Waals surface area contributed by atoms with Gasteiger partial charge in [0.1, 0.15) is 0 Å². The Morgan fingerprint density at radius 2 is 1.64 bits per heavy atom. The maximum Gasteiger partial charge on any atom is 0.416 e. The Morgan fingerprint density at radius 1 is 1.07 bits per heavy atom. The highest BCUT2D eigenvalue weighted by atomic mass is 19.4. The molecule has 1 aromatic heterocycles. The van der Waals surface area contributed by atoms with Gasteiger partial charge in [-0.15, -0.1) is 0 Å². The van der Waals surface area contributed by atoms with Crippen LogP contribution in [0.2, 0.25) is 0 Å². The van der Waals surface area contributed by atoms with Gasteiger partial charge in [0.15, 0.2) is 0 Å². The Kier molecular flexibility index (Phi) is 6.07. The van der Waals surface area contributed by atoms with E-state index >= 15 is 0 Å². The highest BCUT2D eigenvalue weighted by Crippen LogP contribution is 2.36. The number of hydrogen-bond donors (Lipinski definition) is 0. The van der Waals surface area contributed by atoms with E-state index in [4.69, 9.17) is 0 Å². The second kappa shape index (κ2) is 7.96. The predicted octanol–water partition coefficient (Wildman–Crippen LogP) is 4.06. The summed E-state index contributed by atoms with van der Waals surface area (Å²) >= 11 is 0. The van der Waals surface area contributed by atoms with E-state index in [1.54, 1.807) is 6.92 Å². The molecule has 1 heterocycles. The summed E-state index contributed by atoms with van der Waals surface area (Å²) in [5.74, 6) is 4.21. The number of methoxy groups -OCH3 is 1. The molecule has 150 valence electrons. The number of aryl methyl sites for hydroxylation is 1. The largest absolute Gasteiger partial charge is 0.469 e. The lowest BCUT2D eigenvalue weighted by Gasteiger charge is -2.12. The summed E-state index contributed by atoms with van der Waals surface area (Å²) in [5, 5.41) is 3.99. The van der Waals surface area contributed by atoms with Gasteiger partial charge in [0, 0.05) is 12.1 Å². The molecule has 28 heavy (non-hydrogen) atoms. The molecule has 0 fully saturated rings. The number of hydrogen-bond acceptors (Lipinski definition) is 3. The summed E-state index contributed by atoms with van der Waals surface area (Å²) in [6.45, 7) is 2.13. The summed E-state index contributed by atoms with van der Waals surface area (Å²) < 4.78 is 83.5. The van der Waals surface area contributed by atoms with Gasteiger partial charge in [-0.05, 0) is 25.1 Å². The molecular formula is C18H14F6N2O2. The number of rotatable bonds is 3. The number of carbonyl (C=O) groups is 1. The molecule has 1 aromatic carbocycles. The molecule has 0 saturated heterocycles. The van der Waals surface area contributed by atoms with Crippen molar-refractivity contribution in [3.05, 3.63) is 52.3 Å². The van der Waals surface area contributed by atoms with Crippen molar-refractivity contribution in [3.63, 3.8) is 0 Å². The molecule has 0 aliphatic rings. The van der Waals surface area contributed by atoms with E-state index in [2.05, 4.69) is 21.7 Å². The van der Waals surface area contributed by atoms with Crippen LogP contribution in [0.1, 0.15) is 34.9 Å². The normalized spacial score (nSPS) is 11.7. The van der Waals surface area contributed by atoms with Crippen LogP contribution in [-0.4, -0.2) is 22.9 Å². The number of ether oxygens (including phenoxy) is 1. The molecule has 0 atom stereocenters. The van der Waals surface area contributed by atoms with Gasteiger partial charge in [-0.2, -0.15) is 31.4 Å². The first-order valence-corrected chi connectivity index (χ1v) is 7.88. The summed E-state index contributed by atoms with van der Waals surface area (Å²) in [6, 6.07) is 1.10. The first kappa shape index (κ1) is 21.3. The molecule has 0 aliphatic heterocycles. The van der Waals surface area contributed by atoms with Gasteiger partial charge in [0.25, 0.3) is 0 Å². The van der Waals surface area contributed by atoms with Crippen LogP contribution in [0.25, 0.3) is 0 Å². The zero-order chi connectivity index (χ0) is 21.1. The van der Waals surface area contributed by atoms with Crippen LogP contribution in [-0.2, 0) is 34.8 Å². The fourth-order valence-electron chi connectivity index (χ4n) is 2.35. The van der Waals surface area contributed by atoms with Gasteiger partial charge >= 0.3 is 18.3 Å². The van der Waals surface area contributed by atoms with Crippen LogP contribution in [0.4, 0.5) is 26.3 Å². The molecule has 0 bridgehead atoms. The number of aromatic nitrogens is 2. The predicted molar refractivity (Wildman–Crippen MR) is 86.0 cm³/mol. The lowest BCUT2D eigenvalue weighted by Crippen LogP contribution is -2.11. The Hall–Kier alpha value is -2.96. The van der Waals surface area contributed by atoms with Gasteiger partial charge in [-0.25, -0.2) is 0 Å². The Morgan fingerprint density at radius 3 is 2.11 bits per heavy atom. The van der Waals surface area contributed by atoms with Gasteiger partial charge < -0.3 is 4.74 Å². The second-order valence-corrected chi connectivity index (χ2v) is 5.62. The maximum absolute atomic E-state index is 12.9. The second-order valence-electron chi connectivity index (χ2n) is 5.62. The van der Waals surface area contributed by atoms with Crippen LogP contribution in [0, 0.1) is 11.8 Å². The summed E-state index contributed by atoms with van der Waals surface area (Å²) in [5.41, 5.74) is -2.81. The smallest absolute Gasteiger partial charge is 0.416 e. The van der Waals surface area contributed by atoms with Crippen molar-refractivity contribution < 1.29 is 35.9 Å². The van der Waals surface area contributed by atoms with E-state index < -0.39 is 35.0 Å². The molecule has 0 saturated carbocycles. The first-order chi connectivity index (χ1) is 13.0. The zero-order valence-electron chi connectivity index (χ0n) is 14.7. The van der Waals surface area contributed by atoms with Crippen molar-refractivity contribution in [2.75, 3.05) is 7.11 Å². The van der Waals surface area contributed by atoms with Gasteiger partial charge in [-0.3, -0.25) is 9.48 Å². The first-order valence-electron chi connectivity index (χ1n) is 7.88. The number of alkyl halides is 6. The molecule has 2 aromatic rings. The molecule has 4 nitrogen and oxygen atoms in total. The number of carbonyl (C=O) groups excluding carboxylic acids is 1. The Labute approximate surface area is 156 Å². The Balaban J connectivity index is 2.52. The Bertz CT molecular complexity index is 900. The van der Waals surface area contributed by atoms with Crippen LogP contribution in [0.15, 0.2) is 24.4 Å². The minimum absolute atomic E-state index is 0.0307. The monoisotopic (exact) mass is 404 g/mol. The molecular weight excluding hydrogens is 390 g/mol. The van der Waals surface area contributed by atoms with Crippen molar-refractivity contribution in [1.82, 2.24) is 9.78 Å². The van der Waals surface area contributed by atoms with Gasteiger partial charge in [-0.1, -0.05) is 11.8 Å². The molecule has 0 amide bonds. The van der Waals surface area contributed by atoms with E-state index in [1.165, 1.54) is 18.0 Å². The number of nitrogens with zero attached hydrogens (tertiary/aromatic N) is 2. The van der Waals surface area contributed by atoms with Crippen molar-refractivity contribution >= 4 is 5.97 Å². The molecule has 0 aliphatic carbocycles. The third-order valence-corrected chi connectivity index (χ3v) is 3.72. The van der Waals surface area contributed by atoms with E-state index in [1.807, 2.05) is 0 Å². The minimum atomic E-state index is -4.96. The molecule has 0 spiro atoms. The standard InChI is InChI=1S/C18H14F6N2O2/c1-3-26-15(9-16(27)28-2)12(10-25-26)5-4-11-6-13(17(19,20)21)8-14(7-11)18(22,23)24/h6-8,10H,3,9H2,1-2H3. The number of esters is 1. The van der Waals surface area contributed by atoms with Crippen LogP contribution in [0.5, 0.6) is 0 Å². The van der Waals surface area contributed by atoms with Crippen molar-refractivity contribution in [2.24, 2.45) is 0 Å². The van der Waals surface area contributed by atoms with Crippen LogP contribution >= 0.6 is 0 Å². The van der Waals surface area contributed by atoms with Gasteiger partial charge in [0.2, 0.25) is 0 Å². The zero-order valence-corrected chi connectivity index (χ0v) is 14.7. The third kappa shape index (κ3) is 5.06. The molecule has 0 unspecified atom stereocenters. The highest BCUT2D eigenvalue weighted by Gasteiger charge is 2.36. The summed E-state index contributed by atoms with van der Waals surface area (Å²) in [6.07, 6.45) is -8.82. The molecule has 10 heteroatoms. The van der Waals surface area contributed by atoms with Crippen LogP contribution < -0.4 is 0 Å². The minimum Gasteiger partial charge on any atom is -0.469 e. The average Bonchev–Trinajstić information content (AvgIpc) is 2.99. The summed E-state index contributed by atoms with van der Waals surface area (Å²) in [4.78, 5) is 11.5. The van der Waals surface area contributed by atoms with Crippen molar-refractivity contribution in [3.8, 4) is 11.8 Å². The fourth-order valence-corrected chi connectivity index (χ4v) is 2.35. The highest BCUT2D eigenvalue weighted by molar-refractivity contribution is 5.72. The van der Waals surface area contributed by atoms with E-state index in [-0.39, 0.29) is 18.1 Å². The van der Waals surface area contributed by atoms with Crippen molar-refractivity contribution in [1.29, 1.82) is 0 Å². The lowest BCUT2D eigenvalue weighted by atomic mass is 10.0. The third-order valence-electron chi connectivity index (χ3n) is 3.72. The van der Waals surface area contributed by atoms with Crippen molar-refractivity contribution in [2.45, 2.75) is 32.2 Å². The van der Waals surface area contributed by atoms with Gasteiger partial charge in [0.05, 0.1) is 42.1 Å². The maximum atomic E-state index is 12.9. The molecule has 2 rings (SSSR count). The molecule has 0 N–H and O–H groups in total. The molecule has 0 radical (unpaired) electrons. The SMILES string of the molecule is CCn1ncc(C#Cc2cc(C(F)(F)F)cc(C(F)(F)F)c2)c1CC(=O)OC. The lowest BCUT2D eigenvalue weighted by molar-refractivity contribution is -0.143. The number of halogens is 6. The van der Waals surface area contributed by atoms with E-state index in [0.717, 1.165) is 0 Å². The van der Waals surface area contributed by atoms with Crippen LogP contribution in [0.3, 0.4) is 0 Å².